The van der Waals surface area contributed by atoms with Gasteiger partial charge in [0, 0.05) is 63.8 Å². The Hall–Kier alpha value is -4.61. The largest absolute Gasteiger partial charge is 0.477 e. The predicted molar refractivity (Wildman–Crippen MR) is 210 cm³/mol. The summed E-state index contributed by atoms with van der Waals surface area (Å²) in [5.74, 6) is 0.323. The number of carbonyl (C=O) groups is 4. The minimum atomic E-state index is -0.798. The molecule has 2 saturated heterocycles. The zero-order chi connectivity index (χ0) is 39.1. The Labute approximate surface area is 322 Å². The third-order valence-corrected chi connectivity index (χ3v) is 10.5. The van der Waals surface area contributed by atoms with Crippen LogP contribution in [0.3, 0.4) is 0 Å². The molecular weight excluding hydrogens is 708 g/mol. The lowest BCUT2D eigenvalue weighted by Crippen LogP contribution is -2.58. The molecule has 0 saturated carbocycles. The molecule has 3 aromatic carbocycles. The van der Waals surface area contributed by atoms with Crippen molar-refractivity contribution in [2.24, 2.45) is 11.3 Å². The summed E-state index contributed by atoms with van der Waals surface area (Å²) in [6.07, 6.45) is 1.63. The van der Waals surface area contributed by atoms with Gasteiger partial charge in [0.2, 0.25) is 5.91 Å². The van der Waals surface area contributed by atoms with Crippen LogP contribution >= 0.6 is 11.6 Å². The van der Waals surface area contributed by atoms with Crippen molar-refractivity contribution in [2.45, 2.75) is 72.1 Å². The van der Waals surface area contributed by atoms with E-state index in [9.17, 15) is 19.2 Å². The number of hydrogen-bond acceptors (Lipinski definition) is 8. The van der Waals surface area contributed by atoms with Gasteiger partial charge in [-0.25, -0.2) is 4.79 Å². The number of likely N-dealkylation sites (tertiary alicyclic amines) is 2. The number of halogens is 1. The number of anilines is 1. The third-order valence-electron chi connectivity index (χ3n) is 10.2. The first-order valence-electron chi connectivity index (χ1n) is 18.6. The summed E-state index contributed by atoms with van der Waals surface area (Å²) in [5, 5.41) is 2.20. The molecule has 6 rings (SSSR count). The average molecular weight is 759 g/mol. The molecule has 0 aliphatic carbocycles. The minimum absolute atomic E-state index is 0.0223. The van der Waals surface area contributed by atoms with Crippen LogP contribution in [0.2, 0.25) is 5.02 Å². The molecule has 1 unspecified atom stereocenters. The van der Waals surface area contributed by atoms with Crippen LogP contribution in [0.4, 0.5) is 10.5 Å². The van der Waals surface area contributed by atoms with Gasteiger partial charge in [-0.1, -0.05) is 42.4 Å². The topological polar surface area (TPSA) is 109 Å². The van der Waals surface area contributed by atoms with E-state index < -0.39 is 17.1 Å². The Morgan fingerprint density at radius 2 is 1.67 bits per heavy atom. The van der Waals surface area contributed by atoms with E-state index in [-0.39, 0.29) is 35.8 Å². The van der Waals surface area contributed by atoms with Crippen LogP contribution in [0.15, 0.2) is 61.2 Å². The van der Waals surface area contributed by atoms with Crippen molar-refractivity contribution >= 4 is 51.9 Å². The smallest absolute Gasteiger partial charge is 0.410 e. The van der Waals surface area contributed by atoms with E-state index in [1.54, 1.807) is 27.8 Å². The fraction of sp³-hybridized carbons (Fsp3) is 0.476. The fourth-order valence-corrected chi connectivity index (χ4v) is 7.40. The van der Waals surface area contributed by atoms with E-state index >= 15 is 0 Å². The van der Waals surface area contributed by atoms with E-state index in [0.717, 1.165) is 29.2 Å². The Bertz CT molecular complexity index is 1950. The molecule has 3 aromatic rings. The molecule has 2 fully saturated rings. The quantitative estimate of drug-likeness (QED) is 0.135. The van der Waals surface area contributed by atoms with Gasteiger partial charge in [0.25, 0.3) is 5.91 Å². The second kappa shape index (κ2) is 15.3. The first kappa shape index (κ1) is 39.1. The fourth-order valence-electron chi connectivity index (χ4n) is 7.14. The van der Waals surface area contributed by atoms with Crippen molar-refractivity contribution in [2.75, 3.05) is 51.2 Å². The van der Waals surface area contributed by atoms with E-state index in [1.807, 2.05) is 84.0 Å². The van der Waals surface area contributed by atoms with Crippen molar-refractivity contribution in [1.29, 1.82) is 0 Å². The van der Waals surface area contributed by atoms with Gasteiger partial charge >= 0.3 is 12.1 Å². The maximum atomic E-state index is 14.3. The summed E-state index contributed by atoms with van der Waals surface area (Å²) in [4.78, 5) is 59.5. The van der Waals surface area contributed by atoms with Gasteiger partial charge in [0.15, 0.2) is 6.10 Å². The zero-order valence-corrected chi connectivity index (χ0v) is 33.1. The molecule has 11 nitrogen and oxygen atoms in total. The van der Waals surface area contributed by atoms with E-state index in [1.165, 1.54) is 6.08 Å². The number of hydrogen-bond donors (Lipinski definition) is 0. The minimum Gasteiger partial charge on any atom is -0.477 e. The number of rotatable bonds is 8. The van der Waals surface area contributed by atoms with Crippen LogP contribution in [-0.4, -0.2) is 103 Å². The number of carbonyl (C=O) groups excluding carboxylic acids is 4. The van der Waals surface area contributed by atoms with Gasteiger partial charge in [-0.2, -0.15) is 0 Å². The highest BCUT2D eigenvalue weighted by atomic mass is 35.5. The van der Waals surface area contributed by atoms with Crippen LogP contribution in [0, 0.1) is 11.3 Å². The third kappa shape index (κ3) is 8.52. The zero-order valence-electron chi connectivity index (χ0n) is 32.3. The lowest BCUT2D eigenvalue weighted by Gasteiger charge is -2.44. The lowest BCUT2D eigenvalue weighted by molar-refractivity contribution is -0.143. The Balaban J connectivity index is 1.29. The van der Waals surface area contributed by atoms with Gasteiger partial charge in [0.05, 0.1) is 16.1 Å². The molecule has 0 aromatic heterocycles. The standard InChI is InChI=1S/C42H51ClN4O7/c1-9-37(48)46-22-26(23-46)24-47-34-21-33(43)32(31-19-29(52-39(50)41(2,3)4)18-27-12-10-11-13-30(27)31)20-35(34)53-36(38(47)49)25-45-16-14-28(15-17-45)44(8)40(51)54-42(5,6)7/h9-13,18-21,26,28,36H,1,14-17,22-25H2,2-8H3. The molecule has 54 heavy (non-hydrogen) atoms. The molecule has 3 aliphatic heterocycles. The number of piperidine rings is 1. The molecule has 3 heterocycles. The highest BCUT2D eigenvalue weighted by Gasteiger charge is 2.41. The second-order valence-corrected chi connectivity index (χ2v) is 17.0. The molecule has 288 valence electrons. The number of benzene rings is 3. The summed E-state index contributed by atoms with van der Waals surface area (Å²) in [5.41, 5.74) is 0.718. The number of esters is 1. The van der Waals surface area contributed by atoms with Crippen LogP contribution in [0.1, 0.15) is 54.4 Å². The van der Waals surface area contributed by atoms with Crippen molar-refractivity contribution in [3.63, 3.8) is 0 Å². The average Bonchev–Trinajstić information content (AvgIpc) is 3.09. The van der Waals surface area contributed by atoms with Crippen LogP contribution in [0.25, 0.3) is 21.9 Å². The Kier molecular flexibility index (Phi) is 11.0. The number of amides is 3. The number of ether oxygens (including phenoxy) is 3. The van der Waals surface area contributed by atoms with Crippen LogP contribution < -0.4 is 14.4 Å². The monoisotopic (exact) mass is 758 g/mol. The van der Waals surface area contributed by atoms with E-state index in [0.29, 0.717) is 67.0 Å². The molecule has 0 spiro atoms. The molecule has 1 atom stereocenters. The summed E-state index contributed by atoms with van der Waals surface area (Å²) < 4.78 is 18.0. The first-order valence-corrected chi connectivity index (χ1v) is 19.0. The SMILES string of the molecule is C=CC(=O)N1CC(CN2C(=O)C(CN3CCC(N(C)C(=O)OC(C)(C)C)CC3)Oc3cc(-c4cc(OC(=O)C(C)(C)C)cc5ccccc45)c(Cl)cc32)C1. The molecule has 0 bridgehead atoms. The normalized spacial score (nSPS) is 18.4. The van der Waals surface area contributed by atoms with Crippen molar-refractivity contribution in [1.82, 2.24) is 14.7 Å². The summed E-state index contributed by atoms with van der Waals surface area (Å²) >= 11 is 7.09. The van der Waals surface area contributed by atoms with Crippen molar-refractivity contribution in [3.8, 4) is 22.6 Å². The molecule has 0 N–H and O–H groups in total. The molecule has 12 heteroatoms. The van der Waals surface area contributed by atoms with Crippen molar-refractivity contribution in [3.05, 3.63) is 66.2 Å². The highest BCUT2D eigenvalue weighted by Crippen LogP contribution is 2.45. The molecular formula is C42H51ClN4O7. The van der Waals surface area contributed by atoms with E-state index in [4.69, 9.17) is 25.8 Å². The number of fused-ring (bicyclic) bond motifs is 2. The Morgan fingerprint density at radius 3 is 2.31 bits per heavy atom. The molecule has 0 radical (unpaired) electrons. The predicted octanol–water partition coefficient (Wildman–Crippen LogP) is 7.18. The Morgan fingerprint density at radius 1 is 0.981 bits per heavy atom. The lowest BCUT2D eigenvalue weighted by atomic mass is 9.95. The van der Waals surface area contributed by atoms with Crippen LogP contribution in [0.5, 0.6) is 11.5 Å². The van der Waals surface area contributed by atoms with Crippen LogP contribution in [-0.2, 0) is 19.1 Å². The summed E-state index contributed by atoms with van der Waals surface area (Å²) in [7, 11) is 1.78. The van der Waals surface area contributed by atoms with Gasteiger partial charge in [0.1, 0.15) is 17.1 Å². The molecule has 3 amide bonds. The van der Waals surface area contributed by atoms with Gasteiger partial charge in [-0.05, 0) is 101 Å². The summed E-state index contributed by atoms with van der Waals surface area (Å²) in [6.45, 7) is 17.7. The van der Waals surface area contributed by atoms with E-state index in [2.05, 4.69) is 11.5 Å². The highest BCUT2D eigenvalue weighted by molar-refractivity contribution is 6.34. The molecule has 3 aliphatic rings. The van der Waals surface area contributed by atoms with Gasteiger partial charge in [-0.15, -0.1) is 0 Å². The maximum Gasteiger partial charge on any atom is 0.410 e. The van der Waals surface area contributed by atoms with Gasteiger partial charge in [-0.3, -0.25) is 19.3 Å². The van der Waals surface area contributed by atoms with Crippen molar-refractivity contribution < 1.29 is 33.4 Å². The summed E-state index contributed by atoms with van der Waals surface area (Å²) in [6, 6.07) is 15.1. The first-order chi connectivity index (χ1) is 25.4. The number of nitrogens with zero attached hydrogens (tertiary/aromatic N) is 4. The maximum absolute atomic E-state index is 14.3. The second-order valence-electron chi connectivity index (χ2n) is 16.6. The van der Waals surface area contributed by atoms with Gasteiger partial charge < -0.3 is 28.9 Å².